The molecule has 0 amide bonds. The number of sulfonamides is 1. The Morgan fingerprint density at radius 2 is 1.96 bits per heavy atom. The van der Waals surface area contributed by atoms with Gasteiger partial charge in [-0.1, -0.05) is 0 Å². The molecule has 3 aromatic rings. The molecule has 4 rings (SSSR count). The van der Waals surface area contributed by atoms with Crippen LogP contribution in [0.5, 0.6) is 0 Å². The fourth-order valence-electron chi connectivity index (χ4n) is 2.85. The summed E-state index contributed by atoms with van der Waals surface area (Å²) in [5.74, 6) is 0.285. The zero-order valence-corrected chi connectivity index (χ0v) is 13.5. The predicted molar refractivity (Wildman–Crippen MR) is 87.5 cm³/mol. The van der Waals surface area contributed by atoms with Crippen molar-refractivity contribution in [2.24, 2.45) is 0 Å². The summed E-state index contributed by atoms with van der Waals surface area (Å²) in [5.41, 5.74) is 0.0218. The van der Waals surface area contributed by atoms with E-state index in [-0.39, 0.29) is 16.2 Å². The topological polar surface area (TPSA) is 101 Å². The molecule has 0 unspecified atom stereocenters. The van der Waals surface area contributed by atoms with Gasteiger partial charge in [-0.25, -0.2) is 18.1 Å². The quantitative estimate of drug-likeness (QED) is 0.760. The van der Waals surface area contributed by atoms with Crippen LogP contribution in [0.15, 0.2) is 46.3 Å². The van der Waals surface area contributed by atoms with Gasteiger partial charge in [-0.2, -0.15) is 9.40 Å². The minimum Gasteiger partial charge on any atom is -0.290 e. The number of fused-ring (bicyclic) bond motifs is 1. The van der Waals surface area contributed by atoms with Gasteiger partial charge in [0.15, 0.2) is 0 Å². The standard InChI is InChI=1S/C15H15N5O3S/c21-14-12-10-11(24(22,23)19-7-1-2-8-19)4-5-13(12)17-15(18-14)20-9-3-6-16-20/h3-6,9-10H,1-2,7-8H2,(H,17,18,21). The van der Waals surface area contributed by atoms with E-state index in [4.69, 9.17) is 0 Å². The first-order chi connectivity index (χ1) is 11.6. The molecule has 1 aliphatic rings. The maximum atomic E-state index is 12.6. The Morgan fingerprint density at radius 3 is 2.67 bits per heavy atom. The fraction of sp³-hybridized carbons (Fsp3) is 0.267. The summed E-state index contributed by atoms with van der Waals surface area (Å²) in [6.45, 7) is 1.04. The molecule has 0 bridgehead atoms. The SMILES string of the molecule is O=c1[nH]c(-n2cccn2)nc2ccc(S(=O)(=O)N3CCCC3)cc12. The number of nitrogens with one attached hydrogen (secondary N) is 1. The summed E-state index contributed by atoms with van der Waals surface area (Å²) in [6.07, 6.45) is 4.97. The summed E-state index contributed by atoms with van der Waals surface area (Å²) in [4.78, 5) is 19.4. The lowest BCUT2D eigenvalue weighted by molar-refractivity contribution is 0.477. The van der Waals surface area contributed by atoms with Gasteiger partial charge < -0.3 is 0 Å². The van der Waals surface area contributed by atoms with Crippen molar-refractivity contribution >= 4 is 20.9 Å². The maximum Gasteiger partial charge on any atom is 0.260 e. The van der Waals surface area contributed by atoms with Crippen molar-refractivity contribution in [3.63, 3.8) is 0 Å². The fourth-order valence-corrected chi connectivity index (χ4v) is 4.39. The lowest BCUT2D eigenvalue weighted by Crippen LogP contribution is -2.28. The Hall–Kier alpha value is -2.52. The lowest BCUT2D eigenvalue weighted by Gasteiger charge is -2.15. The molecule has 1 aliphatic heterocycles. The number of aromatic amines is 1. The third-order valence-electron chi connectivity index (χ3n) is 4.09. The Morgan fingerprint density at radius 1 is 1.17 bits per heavy atom. The lowest BCUT2D eigenvalue weighted by atomic mass is 10.2. The molecule has 8 nitrogen and oxygen atoms in total. The van der Waals surface area contributed by atoms with Crippen LogP contribution >= 0.6 is 0 Å². The molecule has 124 valence electrons. The van der Waals surface area contributed by atoms with Crippen LogP contribution < -0.4 is 5.56 Å². The van der Waals surface area contributed by atoms with Crippen LogP contribution in [0.2, 0.25) is 0 Å². The molecule has 1 saturated heterocycles. The van der Waals surface area contributed by atoms with Crippen LogP contribution in [0.1, 0.15) is 12.8 Å². The third kappa shape index (κ3) is 2.42. The van der Waals surface area contributed by atoms with Crippen LogP contribution in [0.25, 0.3) is 16.9 Å². The Kier molecular flexibility index (Phi) is 3.47. The van der Waals surface area contributed by atoms with E-state index >= 15 is 0 Å². The van der Waals surface area contributed by atoms with Crippen molar-refractivity contribution in [2.45, 2.75) is 17.7 Å². The first-order valence-corrected chi connectivity index (χ1v) is 9.04. The van der Waals surface area contributed by atoms with Gasteiger partial charge in [-0.15, -0.1) is 0 Å². The van der Waals surface area contributed by atoms with Gasteiger partial charge in [0.05, 0.1) is 15.8 Å². The molecule has 0 saturated carbocycles. The normalized spacial score (nSPS) is 16.0. The van der Waals surface area contributed by atoms with Crippen molar-refractivity contribution in [3.8, 4) is 5.95 Å². The molecule has 24 heavy (non-hydrogen) atoms. The number of aromatic nitrogens is 4. The highest BCUT2D eigenvalue weighted by molar-refractivity contribution is 7.89. The Labute approximate surface area is 137 Å². The Bertz CT molecular complexity index is 1050. The van der Waals surface area contributed by atoms with Crippen LogP contribution in [0, 0.1) is 0 Å². The second kappa shape index (κ2) is 5.53. The van der Waals surface area contributed by atoms with Crippen molar-refractivity contribution in [1.82, 2.24) is 24.1 Å². The van der Waals surface area contributed by atoms with E-state index in [1.165, 1.54) is 21.1 Å². The molecular weight excluding hydrogens is 330 g/mol. The first-order valence-electron chi connectivity index (χ1n) is 7.60. The van der Waals surface area contributed by atoms with Gasteiger partial charge in [0.2, 0.25) is 16.0 Å². The summed E-state index contributed by atoms with van der Waals surface area (Å²) in [7, 11) is -3.57. The van der Waals surface area contributed by atoms with Crippen LogP contribution in [-0.4, -0.2) is 45.6 Å². The largest absolute Gasteiger partial charge is 0.290 e. The molecule has 1 fully saturated rings. The van der Waals surface area contributed by atoms with Gasteiger partial charge in [0, 0.05) is 25.5 Å². The van der Waals surface area contributed by atoms with E-state index in [9.17, 15) is 13.2 Å². The number of hydrogen-bond acceptors (Lipinski definition) is 5. The van der Waals surface area contributed by atoms with Crippen LogP contribution in [0.3, 0.4) is 0 Å². The Balaban J connectivity index is 1.83. The van der Waals surface area contributed by atoms with Crippen LogP contribution in [-0.2, 0) is 10.0 Å². The summed E-state index contributed by atoms with van der Waals surface area (Å²) in [6, 6.07) is 6.16. The second-order valence-corrected chi connectivity index (χ2v) is 7.57. The predicted octanol–water partition coefficient (Wildman–Crippen LogP) is 0.893. The molecule has 1 N–H and O–H groups in total. The summed E-state index contributed by atoms with van der Waals surface area (Å²) in [5, 5.41) is 4.27. The smallest absolute Gasteiger partial charge is 0.260 e. The van der Waals surface area contributed by atoms with Crippen molar-refractivity contribution in [2.75, 3.05) is 13.1 Å². The first kappa shape index (κ1) is 15.0. The summed E-state index contributed by atoms with van der Waals surface area (Å²) < 4.78 is 28.1. The zero-order valence-electron chi connectivity index (χ0n) is 12.7. The van der Waals surface area contributed by atoms with Gasteiger partial charge >= 0.3 is 0 Å². The van der Waals surface area contributed by atoms with Crippen molar-refractivity contribution < 1.29 is 8.42 Å². The van der Waals surface area contributed by atoms with Gasteiger partial charge in [-0.05, 0) is 37.1 Å². The van der Waals surface area contributed by atoms with Crippen molar-refractivity contribution in [3.05, 3.63) is 47.0 Å². The van der Waals surface area contributed by atoms with E-state index < -0.39 is 15.6 Å². The molecule has 3 heterocycles. The zero-order chi connectivity index (χ0) is 16.7. The number of rotatable bonds is 3. The molecular formula is C15H15N5O3S. The van der Waals surface area contributed by atoms with Crippen LogP contribution in [0.4, 0.5) is 0 Å². The molecule has 0 aliphatic carbocycles. The van der Waals surface area contributed by atoms with Gasteiger partial charge in [0.1, 0.15) is 0 Å². The second-order valence-electron chi connectivity index (χ2n) is 5.63. The highest BCUT2D eigenvalue weighted by Crippen LogP contribution is 2.22. The third-order valence-corrected chi connectivity index (χ3v) is 5.98. The average Bonchev–Trinajstić information content (AvgIpc) is 3.28. The van der Waals surface area contributed by atoms with E-state index in [2.05, 4.69) is 15.1 Å². The molecule has 0 spiro atoms. The van der Waals surface area contributed by atoms with E-state index in [1.54, 1.807) is 24.5 Å². The minimum absolute atomic E-state index is 0.121. The van der Waals surface area contributed by atoms with Gasteiger partial charge in [-0.3, -0.25) is 9.78 Å². The van der Waals surface area contributed by atoms with E-state index in [1.807, 2.05) is 0 Å². The number of nitrogens with zero attached hydrogens (tertiary/aromatic N) is 4. The number of benzene rings is 1. The minimum atomic E-state index is -3.57. The molecule has 0 atom stereocenters. The van der Waals surface area contributed by atoms with Gasteiger partial charge in [0.25, 0.3) is 5.56 Å². The molecule has 1 aromatic carbocycles. The number of hydrogen-bond donors (Lipinski definition) is 1. The molecule has 2 aromatic heterocycles. The highest BCUT2D eigenvalue weighted by Gasteiger charge is 2.27. The monoisotopic (exact) mass is 345 g/mol. The maximum absolute atomic E-state index is 12.6. The molecule has 9 heteroatoms. The average molecular weight is 345 g/mol. The highest BCUT2D eigenvalue weighted by atomic mass is 32.2. The van der Waals surface area contributed by atoms with Crippen molar-refractivity contribution in [1.29, 1.82) is 0 Å². The molecule has 0 radical (unpaired) electrons. The van der Waals surface area contributed by atoms with E-state index in [0.29, 0.717) is 18.6 Å². The summed E-state index contributed by atoms with van der Waals surface area (Å²) >= 11 is 0. The number of H-pyrrole nitrogens is 1. The van der Waals surface area contributed by atoms with E-state index in [0.717, 1.165) is 12.8 Å².